The minimum Gasteiger partial charge on any atom is -0.493 e. The lowest BCUT2D eigenvalue weighted by Crippen LogP contribution is -2.32. The number of hydrogen-bond acceptors (Lipinski definition) is 4. The van der Waals surface area contributed by atoms with Crippen molar-refractivity contribution in [2.75, 3.05) is 18.6 Å². The van der Waals surface area contributed by atoms with Crippen LogP contribution in [0.2, 0.25) is 0 Å². The van der Waals surface area contributed by atoms with Gasteiger partial charge < -0.3 is 19.7 Å². The quantitative estimate of drug-likeness (QED) is 0.672. The number of amides is 2. The highest BCUT2D eigenvalue weighted by molar-refractivity contribution is 9.10. The van der Waals surface area contributed by atoms with E-state index in [1.165, 1.54) is 19.2 Å². The van der Waals surface area contributed by atoms with Crippen LogP contribution in [0.3, 0.4) is 0 Å². The van der Waals surface area contributed by atoms with Crippen LogP contribution in [0.25, 0.3) is 0 Å². The molecule has 1 saturated heterocycles. The summed E-state index contributed by atoms with van der Waals surface area (Å²) in [4.78, 5) is 26.4. The SMILES string of the molecule is COc1cc(CNC(=O)C2CC(=O)N(c3cccc(Br)c3)C2)ccc1OC(F)F. The van der Waals surface area contributed by atoms with Gasteiger partial charge >= 0.3 is 6.61 Å². The molecule has 9 heteroatoms. The van der Waals surface area contributed by atoms with Crippen molar-refractivity contribution in [3.63, 3.8) is 0 Å². The molecule has 1 aliphatic rings. The average Bonchev–Trinajstić information content (AvgIpc) is 3.08. The predicted octanol–water partition coefficient (Wildman–Crippen LogP) is 3.73. The summed E-state index contributed by atoms with van der Waals surface area (Å²) < 4.78 is 35.1. The highest BCUT2D eigenvalue weighted by atomic mass is 79.9. The Labute approximate surface area is 174 Å². The Balaban J connectivity index is 1.60. The van der Waals surface area contributed by atoms with Crippen LogP contribution in [-0.4, -0.2) is 32.1 Å². The van der Waals surface area contributed by atoms with E-state index in [1.54, 1.807) is 11.0 Å². The first-order valence-corrected chi connectivity index (χ1v) is 9.62. The fourth-order valence-corrected chi connectivity index (χ4v) is 3.51. The summed E-state index contributed by atoms with van der Waals surface area (Å²) in [6.07, 6.45) is 0.128. The normalized spacial score (nSPS) is 16.2. The number of benzene rings is 2. The molecule has 1 aliphatic heterocycles. The topological polar surface area (TPSA) is 67.9 Å². The third-order valence-corrected chi connectivity index (χ3v) is 5.02. The maximum atomic E-state index is 12.5. The van der Waals surface area contributed by atoms with Gasteiger partial charge in [0.15, 0.2) is 11.5 Å². The monoisotopic (exact) mass is 468 g/mol. The summed E-state index contributed by atoms with van der Waals surface area (Å²) in [7, 11) is 1.34. The van der Waals surface area contributed by atoms with Gasteiger partial charge in [-0.25, -0.2) is 0 Å². The fraction of sp³-hybridized carbons (Fsp3) is 0.300. The maximum Gasteiger partial charge on any atom is 0.387 e. The van der Waals surface area contributed by atoms with Gasteiger partial charge in [0.25, 0.3) is 0 Å². The van der Waals surface area contributed by atoms with Crippen LogP contribution >= 0.6 is 15.9 Å². The lowest BCUT2D eigenvalue weighted by Gasteiger charge is -2.17. The third kappa shape index (κ3) is 5.23. The molecule has 1 heterocycles. The Bertz CT molecular complexity index is 910. The summed E-state index contributed by atoms with van der Waals surface area (Å²) in [6.45, 7) is -2.49. The molecule has 1 unspecified atom stereocenters. The van der Waals surface area contributed by atoms with Crippen molar-refractivity contribution < 1.29 is 27.8 Å². The molecule has 0 saturated carbocycles. The van der Waals surface area contributed by atoms with Crippen LogP contribution in [0.5, 0.6) is 11.5 Å². The molecular weight excluding hydrogens is 450 g/mol. The van der Waals surface area contributed by atoms with E-state index in [4.69, 9.17) is 4.74 Å². The molecule has 2 aromatic rings. The van der Waals surface area contributed by atoms with Crippen LogP contribution in [0.15, 0.2) is 46.9 Å². The number of carbonyl (C=O) groups excluding carboxylic acids is 2. The van der Waals surface area contributed by atoms with E-state index < -0.39 is 12.5 Å². The van der Waals surface area contributed by atoms with Gasteiger partial charge in [-0.3, -0.25) is 9.59 Å². The van der Waals surface area contributed by atoms with Crippen LogP contribution < -0.4 is 19.7 Å². The van der Waals surface area contributed by atoms with E-state index in [-0.39, 0.29) is 36.3 Å². The largest absolute Gasteiger partial charge is 0.493 e. The van der Waals surface area contributed by atoms with Crippen LogP contribution in [0.4, 0.5) is 14.5 Å². The number of rotatable bonds is 7. The standard InChI is InChI=1S/C20H19BrF2N2O4/c1-28-17-7-12(5-6-16(17)29-20(22)23)10-24-19(27)13-8-18(26)25(11-13)15-4-2-3-14(21)9-15/h2-7,9,13,20H,8,10-11H2,1H3,(H,24,27). The Morgan fingerprint density at radius 3 is 2.76 bits per heavy atom. The molecule has 0 aliphatic carbocycles. The third-order valence-electron chi connectivity index (χ3n) is 4.53. The van der Waals surface area contributed by atoms with Crippen molar-refractivity contribution in [2.24, 2.45) is 5.92 Å². The zero-order valence-corrected chi connectivity index (χ0v) is 17.1. The molecule has 2 aromatic carbocycles. The van der Waals surface area contributed by atoms with E-state index >= 15 is 0 Å². The van der Waals surface area contributed by atoms with Gasteiger partial charge in [0.1, 0.15) is 0 Å². The van der Waals surface area contributed by atoms with Gasteiger partial charge in [-0.05, 0) is 35.9 Å². The zero-order valence-electron chi connectivity index (χ0n) is 15.5. The number of hydrogen-bond donors (Lipinski definition) is 1. The lowest BCUT2D eigenvalue weighted by atomic mass is 10.1. The Hall–Kier alpha value is -2.68. The van der Waals surface area contributed by atoms with Crippen molar-refractivity contribution in [3.05, 3.63) is 52.5 Å². The van der Waals surface area contributed by atoms with Gasteiger partial charge in [0.05, 0.1) is 13.0 Å². The smallest absolute Gasteiger partial charge is 0.387 e. The van der Waals surface area contributed by atoms with Gasteiger partial charge in [-0.15, -0.1) is 0 Å². The number of alkyl halides is 2. The van der Waals surface area contributed by atoms with E-state index in [1.807, 2.05) is 24.3 Å². The number of ether oxygens (including phenoxy) is 2. The predicted molar refractivity (Wildman–Crippen MR) is 106 cm³/mol. The molecule has 0 radical (unpaired) electrons. The first kappa shape index (κ1) is 21.0. The molecule has 6 nitrogen and oxygen atoms in total. The molecule has 154 valence electrons. The van der Waals surface area contributed by atoms with E-state index in [0.29, 0.717) is 12.1 Å². The minimum absolute atomic E-state index is 0.0800. The minimum atomic E-state index is -2.96. The molecule has 1 N–H and O–H groups in total. The fourth-order valence-electron chi connectivity index (χ4n) is 3.13. The molecule has 3 rings (SSSR count). The van der Waals surface area contributed by atoms with Crippen molar-refractivity contribution >= 4 is 33.4 Å². The van der Waals surface area contributed by atoms with Crippen LogP contribution in [0, 0.1) is 5.92 Å². The van der Waals surface area contributed by atoms with Crippen molar-refractivity contribution in [1.82, 2.24) is 5.32 Å². The van der Waals surface area contributed by atoms with Crippen molar-refractivity contribution in [1.29, 1.82) is 0 Å². The van der Waals surface area contributed by atoms with E-state index in [0.717, 1.165) is 10.2 Å². The summed E-state index contributed by atoms with van der Waals surface area (Å²) in [5, 5.41) is 2.78. The highest BCUT2D eigenvalue weighted by Gasteiger charge is 2.35. The second kappa shape index (κ2) is 9.21. The van der Waals surface area contributed by atoms with Gasteiger partial charge in [-0.1, -0.05) is 28.1 Å². The summed E-state index contributed by atoms with van der Waals surface area (Å²) in [5.41, 5.74) is 1.39. The number of nitrogens with one attached hydrogen (secondary N) is 1. The molecule has 1 fully saturated rings. The van der Waals surface area contributed by atoms with Crippen molar-refractivity contribution in [3.8, 4) is 11.5 Å². The molecule has 0 aromatic heterocycles. The van der Waals surface area contributed by atoms with Crippen LogP contribution in [0.1, 0.15) is 12.0 Å². The molecule has 1 atom stereocenters. The second-order valence-electron chi connectivity index (χ2n) is 6.47. The Kier molecular flexibility index (Phi) is 6.68. The van der Waals surface area contributed by atoms with Gasteiger partial charge in [0.2, 0.25) is 11.8 Å². The van der Waals surface area contributed by atoms with Gasteiger partial charge in [0, 0.05) is 29.7 Å². The first-order chi connectivity index (χ1) is 13.9. The second-order valence-corrected chi connectivity index (χ2v) is 7.38. The summed E-state index contributed by atoms with van der Waals surface area (Å²) in [5.74, 6) is -0.761. The van der Waals surface area contributed by atoms with Crippen LogP contribution in [-0.2, 0) is 16.1 Å². The molecule has 0 spiro atoms. The number of carbonyl (C=O) groups is 2. The number of nitrogens with zero attached hydrogens (tertiary/aromatic N) is 1. The Morgan fingerprint density at radius 1 is 1.28 bits per heavy atom. The molecule has 0 bridgehead atoms. The average molecular weight is 469 g/mol. The lowest BCUT2D eigenvalue weighted by molar-refractivity contribution is -0.126. The zero-order chi connectivity index (χ0) is 21.0. The molecule has 29 heavy (non-hydrogen) atoms. The van der Waals surface area contributed by atoms with E-state index in [2.05, 4.69) is 26.0 Å². The Morgan fingerprint density at radius 2 is 2.07 bits per heavy atom. The van der Waals surface area contributed by atoms with E-state index in [9.17, 15) is 18.4 Å². The van der Waals surface area contributed by atoms with Crippen molar-refractivity contribution in [2.45, 2.75) is 19.6 Å². The highest BCUT2D eigenvalue weighted by Crippen LogP contribution is 2.30. The molecule has 2 amide bonds. The molecular formula is C20H19BrF2N2O4. The number of halogens is 3. The number of methoxy groups -OCH3 is 1. The maximum absolute atomic E-state index is 12.5. The van der Waals surface area contributed by atoms with Gasteiger partial charge in [-0.2, -0.15) is 8.78 Å². The summed E-state index contributed by atoms with van der Waals surface area (Å²) in [6, 6.07) is 11.8. The first-order valence-electron chi connectivity index (χ1n) is 8.82. The number of anilines is 1. The summed E-state index contributed by atoms with van der Waals surface area (Å²) >= 11 is 3.38.